The first kappa shape index (κ1) is 11.3. The van der Waals surface area contributed by atoms with E-state index >= 15 is 0 Å². The zero-order valence-electron chi connectivity index (χ0n) is 8.27. The van der Waals surface area contributed by atoms with Gasteiger partial charge in [0, 0.05) is 4.86 Å². The van der Waals surface area contributed by atoms with Crippen LogP contribution in [0.4, 0.5) is 0 Å². The molecule has 0 saturated heterocycles. The van der Waals surface area contributed by atoms with Crippen molar-refractivity contribution in [1.29, 1.82) is 0 Å². The van der Waals surface area contributed by atoms with Gasteiger partial charge in [0.1, 0.15) is 0 Å². The van der Waals surface area contributed by atoms with Crippen LogP contribution in [0.15, 0.2) is 35.5 Å². The zero-order valence-corrected chi connectivity index (χ0v) is 9.09. The molecule has 0 heterocycles. The molecular formula is C11H16S. The third-order valence-corrected chi connectivity index (χ3v) is 2.04. The van der Waals surface area contributed by atoms with E-state index in [4.69, 9.17) is 12.2 Å². The van der Waals surface area contributed by atoms with Crippen molar-refractivity contribution in [3.63, 3.8) is 0 Å². The van der Waals surface area contributed by atoms with E-state index in [0.29, 0.717) is 0 Å². The van der Waals surface area contributed by atoms with Crippen molar-refractivity contribution >= 4 is 17.1 Å². The molecule has 0 aromatic rings. The molecule has 0 aliphatic carbocycles. The number of thiocarbonyl (C=S) groups is 1. The Kier molecular flexibility index (Phi) is 4.75. The predicted octanol–water partition coefficient (Wildman–Crippen LogP) is 3.84. The van der Waals surface area contributed by atoms with Gasteiger partial charge in [-0.05, 0) is 33.3 Å². The summed E-state index contributed by atoms with van der Waals surface area (Å²) >= 11 is 4.97. The second kappa shape index (κ2) is 5.04. The Labute approximate surface area is 80.7 Å². The molecule has 0 atom stereocenters. The highest BCUT2D eigenvalue weighted by atomic mass is 32.1. The molecule has 0 aliphatic rings. The molecule has 0 amide bonds. The van der Waals surface area contributed by atoms with Crippen molar-refractivity contribution in [2.75, 3.05) is 0 Å². The summed E-state index contributed by atoms with van der Waals surface area (Å²) < 4.78 is 0. The van der Waals surface area contributed by atoms with Gasteiger partial charge in [-0.25, -0.2) is 0 Å². The highest BCUT2D eigenvalue weighted by Crippen LogP contribution is 2.06. The van der Waals surface area contributed by atoms with Crippen LogP contribution in [0.2, 0.25) is 0 Å². The maximum absolute atomic E-state index is 4.97. The van der Waals surface area contributed by atoms with E-state index in [1.54, 1.807) is 0 Å². The van der Waals surface area contributed by atoms with E-state index in [9.17, 15) is 0 Å². The van der Waals surface area contributed by atoms with Crippen LogP contribution in [0.1, 0.15) is 27.7 Å². The third-order valence-electron chi connectivity index (χ3n) is 1.78. The molecule has 0 unspecified atom stereocenters. The fourth-order valence-electron chi connectivity index (χ4n) is 0.510. The summed E-state index contributed by atoms with van der Waals surface area (Å²) in [6, 6.07) is 0. The molecule has 0 fully saturated rings. The quantitative estimate of drug-likeness (QED) is 0.361. The molecule has 0 N–H and O–H groups in total. The van der Waals surface area contributed by atoms with Crippen LogP contribution in [0.25, 0.3) is 0 Å². The summed E-state index contributed by atoms with van der Waals surface area (Å²) in [7, 11) is 0. The molecule has 1 heteroatoms. The van der Waals surface area contributed by atoms with E-state index in [-0.39, 0.29) is 0 Å². The highest BCUT2D eigenvalue weighted by Gasteiger charge is 1.90. The molecule has 0 spiro atoms. The van der Waals surface area contributed by atoms with Crippen LogP contribution in [0, 0.1) is 0 Å². The van der Waals surface area contributed by atoms with E-state index in [1.165, 1.54) is 11.1 Å². The summed E-state index contributed by atoms with van der Waals surface area (Å²) in [5, 5.41) is 0. The van der Waals surface area contributed by atoms with Gasteiger partial charge in [-0.1, -0.05) is 42.1 Å². The maximum atomic E-state index is 4.97. The molecule has 66 valence electrons. The molecule has 0 saturated carbocycles. The van der Waals surface area contributed by atoms with E-state index in [1.807, 2.05) is 19.1 Å². The Balaban J connectivity index is 4.37. The average Bonchev–Trinajstić information content (AvgIpc) is 1.98. The van der Waals surface area contributed by atoms with E-state index in [0.717, 1.165) is 10.4 Å². The highest BCUT2D eigenvalue weighted by molar-refractivity contribution is 7.80. The van der Waals surface area contributed by atoms with Gasteiger partial charge in [0.05, 0.1) is 0 Å². The number of hydrogen-bond acceptors (Lipinski definition) is 1. The molecular weight excluding hydrogens is 164 g/mol. The molecule has 0 aromatic carbocycles. The van der Waals surface area contributed by atoms with Crippen LogP contribution < -0.4 is 0 Å². The minimum absolute atomic E-state index is 0.854. The van der Waals surface area contributed by atoms with E-state index in [2.05, 4.69) is 27.4 Å². The normalized spacial score (nSPS) is 10.0. The van der Waals surface area contributed by atoms with Crippen molar-refractivity contribution in [2.45, 2.75) is 27.7 Å². The standard InChI is InChI=1S/C11H16S/c1-8(2)9(3)6-7-10(4)11(5)12/h6-7H,4H2,1-3,5H3/b7-6-. The molecule has 0 aliphatic heterocycles. The van der Waals surface area contributed by atoms with Gasteiger partial charge in [0.15, 0.2) is 0 Å². The van der Waals surface area contributed by atoms with Crippen LogP contribution in [0.5, 0.6) is 0 Å². The second-order valence-corrected chi connectivity index (χ2v) is 3.71. The Bertz CT molecular complexity index is 250. The van der Waals surface area contributed by atoms with E-state index < -0.39 is 0 Å². The molecule has 0 aromatic heterocycles. The summed E-state index contributed by atoms with van der Waals surface area (Å²) in [6.07, 6.45) is 4.01. The van der Waals surface area contributed by atoms with Gasteiger partial charge < -0.3 is 0 Å². The lowest BCUT2D eigenvalue weighted by atomic mass is 10.1. The smallest absolute Gasteiger partial charge is 0.0187 e. The number of allylic oxidation sites excluding steroid dienone is 5. The molecule has 0 radical (unpaired) electrons. The first-order chi connectivity index (χ1) is 5.45. The molecule has 12 heavy (non-hydrogen) atoms. The Hall–Kier alpha value is -0.690. The lowest BCUT2D eigenvalue weighted by Gasteiger charge is -1.97. The minimum Gasteiger partial charge on any atom is -0.0907 e. The maximum Gasteiger partial charge on any atom is 0.0187 e. The fraction of sp³-hybridized carbons (Fsp3) is 0.364. The molecule has 0 nitrogen and oxygen atoms in total. The summed E-state index contributed by atoms with van der Waals surface area (Å²) in [5.74, 6) is 0. The molecule has 0 bridgehead atoms. The van der Waals surface area contributed by atoms with Gasteiger partial charge in [-0.2, -0.15) is 0 Å². The summed E-state index contributed by atoms with van der Waals surface area (Å²) in [4.78, 5) is 0.854. The lowest BCUT2D eigenvalue weighted by Crippen LogP contribution is -1.86. The first-order valence-corrected chi connectivity index (χ1v) is 4.38. The third kappa shape index (κ3) is 4.24. The van der Waals surface area contributed by atoms with Gasteiger partial charge in [0.25, 0.3) is 0 Å². The predicted molar refractivity (Wildman–Crippen MR) is 60.6 cm³/mol. The summed E-state index contributed by atoms with van der Waals surface area (Å²) in [5.41, 5.74) is 3.51. The number of hydrogen-bond donors (Lipinski definition) is 0. The minimum atomic E-state index is 0.854. The molecule has 0 rings (SSSR count). The SMILES string of the molecule is C=C(/C=C\C(C)=C(C)C)C(C)=S. The van der Waals surface area contributed by atoms with Gasteiger partial charge >= 0.3 is 0 Å². The van der Waals surface area contributed by atoms with Crippen molar-refractivity contribution < 1.29 is 0 Å². The largest absolute Gasteiger partial charge is 0.0907 e. The Morgan fingerprint density at radius 3 is 1.92 bits per heavy atom. The van der Waals surface area contributed by atoms with Gasteiger partial charge in [-0.15, -0.1) is 0 Å². The number of rotatable bonds is 3. The fourth-order valence-corrected chi connectivity index (χ4v) is 0.578. The average molecular weight is 180 g/mol. The van der Waals surface area contributed by atoms with Crippen LogP contribution in [-0.2, 0) is 0 Å². The second-order valence-electron chi connectivity index (χ2n) is 3.10. The Morgan fingerprint density at radius 1 is 1.08 bits per heavy atom. The van der Waals surface area contributed by atoms with Gasteiger partial charge in [0.2, 0.25) is 0 Å². The zero-order chi connectivity index (χ0) is 9.72. The summed E-state index contributed by atoms with van der Waals surface area (Å²) in [6.45, 7) is 12.0. The van der Waals surface area contributed by atoms with Crippen molar-refractivity contribution in [1.82, 2.24) is 0 Å². The van der Waals surface area contributed by atoms with Crippen LogP contribution in [-0.4, -0.2) is 4.86 Å². The monoisotopic (exact) mass is 180 g/mol. The lowest BCUT2D eigenvalue weighted by molar-refractivity contribution is 1.29. The van der Waals surface area contributed by atoms with Gasteiger partial charge in [-0.3, -0.25) is 0 Å². The topological polar surface area (TPSA) is 0 Å². The Morgan fingerprint density at radius 2 is 1.58 bits per heavy atom. The van der Waals surface area contributed by atoms with Crippen molar-refractivity contribution in [3.8, 4) is 0 Å². The van der Waals surface area contributed by atoms with Crippen molar-refractivity contribution in [3.05, 3.63) is 35.5 Å². The van der Waals surface area contributed by atoms with Crippen molar-refractivity contribution in [2.24, 2.45) is 0 Å². The van der Waals surface area contributed by atoms with Crippen LogP contribution >= 0.6 is 12.2 Å². The first-order valence-electron chi connectivity index (χ1n) is 3.97. The van der Waals surface area contributed by atoms with Crippen LogP contribution in [0.3, 0.4) is 0 Å².